The fraction of sp³-hybridized carbons (Fsp3) is 0.318. The van der Waals surface area contributed by atoms with Crippen LogP contribution in [0.5, 0.6) is 0 Å². The third-order valence-electron chi connectivity index (χ3n) is 5.19. The van der Waals surface area contributed by atoms with Crippen molar-refractivity contribution in [1.29, 1.82) is 0 Å². The van der Waals surface area contributed by atoms with Crippen molar-refractivity contribution in [2.24, 2.45) is 5.92 Å². The Bertz CT molecular complexity index is 963. The highest BCUT2D eigenvalue weighted by Crippen LogP contribution is 2.28. The molecule has 164 valence electrons. The smallest absolute Gasteiger partial charge is 0.352 e. The molecule has 2 unspecified atom stereocenters. The van der Waals surface area contributed by atoms with Crippen LogP contribution in [0.3, 0.4) is 0 Å². The van der Waals surface area contributed by atoms with Crippen LogP contribution >= 0.6 is 0 Å². The van der Waals surface area contributed by atoms with Gasteiger partial charge in [0.2, 0.25) is 11.8 Å². The van der Waals surface area contributed by atoms with Gasteiger partial charge in [-0.05, 0) is 30.2 Å². The van der Waals surface area contributed by atoms with E-state index in [1.54, 1.807) is 16.3 Å². The number of amides is 3. The lowest BCUT2D eigenvalue weighted by Crippen LogP contribution is -2.33. The van der Waals surface area contributed by atoms with Crippen molar-refractivity contribution in [3.05, 3.63) is 65.7 Å². The average Bonchev–Trinajstić information content (AvgIpc) is 3.13. The van der Waals surface area contributed by atoms with Crippen molar-refractivity contribution in [2.75, 3.05) is 11.9 Å². The zero-order valence-corrected chi connectivity index (χ0v) is 16.8. The maximum atomic E-state index is 12.6. The number of halogens is 3. The highest BCUT2D eigenvalue weighted by Gasteiger charge is 2.39. The molecule has 2 N–H and O–H groups in total. The van der Waals surface area contributed by atoms with Crippen molar-refractivity contribution in [3.63, 3.8) is 0 Å². The number of likely N-dealkylation sites (tertiary alicyclic amines) is 1. The van der Waals surface area contributed by atoms with E-state index in [4.69, 9.17) is 0 Å². The van der Waals surface area contributed by atoms with E-state index in [2.05, 4.69) is 5.32 Å². The zero-order valence-electron chi connectivity index (χ0n) is 16.8. The Morgan fingerprint density at radius 3 is 2.52 bits per heavy atom. The van der Waals surface area contributed by atoms with E-state index < -0.39 is 18.0 Å². The monoisotopic (exact) mass is 433 g/mol. The quantitative estimate of drug-likeness (QED) is 0.733. The normalized spacial score (nSPS) is 17.4. The Hall–Kier alpha value is -3.36. The van der Waals surface area contributed by atoms with Crippen LogP contribution in [0, 0.1) is 5.92 Å². The number of anilines is 1. The molecule has 1 heterocycles. The molecule has 1 aliphatic rings. The van der Waals surface area contributed by atoms with Crippen molar-refractivity contribution in [2.45, 2.75) is 32.1 Å². The first-order valence-corrected chi connectivity index (χ1v) is 9.74. The Kier molecular flexibility index (Phi) is 6.62. The second-order valence-electron chi connectivity index (χ2n) is 7.40. The fourth-order valence-electron chi connectivity index (χ4n) is 3.49. The molecular weight excluding hydrogens is 411 g/mol. The molecule has 0 aromatic heterocycles. The van der Waals surface area contributed by atoms with Crippen LogP contribution < -0.4 is 10.6 Å². The maximum absolute atomic E-state index is 12.6. The van der Waals surface area contributed by atoms with E-state index in [-0.39, 0.29) is 36.5 Å². The molecule has 1 aliphatic heterocycles. The molecule has 1 fully saturated rings. The van der Waals surface area contributed by atoms with Gasteiger partial charge in [0, 0.05) is 25.2 Å². The minimum absolute atomic E-state index is 0.0204. The van der Waals surface area contributed by atoms with Crippen LogP contribution in [-0.2, 0) is 20.9 Å². The molecule has 3 amide bonds. The minimum atomic E-state index is -4.98. The van der Waals surface area contributed by atoms with Gasteiger partial charge in [0.15, 0.2) is 0 Å². The first kappa shape index (κ1) is 22.3. The van der Waals surface area contributed by atoms with Gasteiger partial charge in [-0.1, -0.05) is 42.5 Å². The number of benzene rings is 2. The van der Waals surface area contributed by atoms with E-state index in [1.807, 2.05) is 37.3 Å². The Morgan fingerprint density at radius 1 is 1.13 bits per heavy atom. The van der Waals surface area contributed by atoms with Gasteiger partial charge in [-0.15, -0.1) is 0 Å². The SMILES string of the molecule is CC(c1ccccc1)N1CC(C(=O)NCc2cccc(NC(=O)C(F)(F)F)c2)CC1=O. The molecule has 0 aliphatic carbocycles. The van der Waals surface area contributed by atoms with Gasteiger partial charge in [0.05, 0.1) is 12.0 Å². The second-order valence-corrected chi connectivity index (χ2v) is 7.40. The number of carbonyl (C=O) groups is 3. The first-order valence-electron chi connectivity index (χ1n) is 9.74. The highest BCUT2D eigenvalue weighted by atomic mass is 19.4. The molecule has 3 rings (SSSR count). The molecule has 0 bridgehead atoms. The summed E-state index contributed by atoms with van der Waals surface area (Å²) in [5.41, 5.74) is 1.48. The number of rotatable bonds is 6. The first-order chi connectivity index (χ1) is 14.6. The zero-order chi connectivity index (χ0) is 22.6. The van der Waals surface area contributed by atoms with Gasteiger partial charge in [0.1, 0.15) is 0 Å². The van der Waals surface area contributed by atoms with Gasteiger partial charge >= 0.3 is 12.1 Å². The summed E-state index contributed by atoms with van der Waals surface area (Å²) in [5.74, 6) is -2.98. The Morgan fingerprint density at radius 2 is 1.84 bits per heavy atom. The molecule has 31 heavy (non-hydrogen) atoms. The van der Waals surface area contributed by atoms with E-state index in [1.165, 1.54) is 18.2 Å². The number of hydrogen-bond donors (Lipinski definition) is 2. The summed E-state index contributed by atoms with van der Waals surface area (Å²) in [5, 5.41) is 4.50. The number of nitrogens with one attached hydrogen (secondary N) is 2. The van der Waals surface area contributed by atoms with Gasteiger partial charge in [0.25, 0.3) is 0 Å². The van der Waals surface area contributed by atoms with Crippen molar-refractivity contribution < 1.29 is 27.6 Å². The lowest BCUT2D eigenvalue weighted by Gasteiger charge is -2.25. The van der Waals surface area contributed by atoms with Crippen LogP contribution in [0.25, 0.3) is 0 Å². The standard InChI is InChI=1S/C22H22F3N3O3/c1-14(16-7-3-2-4-8-16)28-13-17(11-19(28)29)20(30)26-12-15-6-5-9-18(10-15)27-21(31)22(23,24)25/h2-10,14,17H,11-13H2,1H3,(H,26,30)(H,27,31). The van der Waals surface area contributed by atoms with E-state index in [0.717, 1.165) is 5.56 Å². The highest BCUT2D eigenvalue weighted by molar-refractivity contribution is 5.95. The van der Waals surface area contributed by atoms with E-state index in [9.17, 15) is 27.6 Å². The molecule has 2 aromatic carbocycles. The third-order valence-corrected chi connectivity index (χ3v) is 5.19. The minimum Gasteiger partial charge on any atom is -0.352 e. The maximum Gasteiger partial charge on any atom is 0.471 e. The summed E-state index contributed by atoms with van der Waals surface area (Å²) >= 11 is 0. The molecular formula is C22H22F3N3O3. The number of nitrogens with zero attached hydrogens (tertiary/aromatic N) is 1. The molecule has 9 heteroatoms. The lowest BCUT2D eigenvalue weighted by atomic mass is 10.1. The molecule has 6 nitrogen and oxygen atoms in total. The van der Waals surface area contributed by atoms with Crippen LogP contribution in [0.4, 0.5) is 18.9 Å². The van der Waals surface area contributed by atoms with Crippen LogP contribution in [0.15, 0.2) is 54.6 Å². The summed E-state index contributed by atoms with van der Waals surface area (Å²) in [7, 11) is 0. The molecule has 2 atom stereocenters. The molecule has 2 aromatic rings. The fourth-order valence-corrected chi connectivity index (χ4v) is 3.49. The number of hydrogen-bond acceptors (Lipinski definition) is 3. The summed E-state index contributed by atoms with van der Waals surface area (Å²) in [4.78, 5) is 37.7. The molecule has 1 saturated heterocycles. The second kappa shape index (κ2) is 9.20. The van der Waals surface area contributed by atoms with Crippen molar-refractivity contribution in [3.8, 4) is 0 Å². The predicted octanol–water partition coefficient (Wildman–Crippen LogP) is 3.41. The predicted molar refractivity (Wildman–Crippen MR) is 108 cm³/mol. The van der Waals surface area contributed by atoms with Crippen LogP contribution in [0.2, 0.25) is 0 Å². The van der Waals surface area contributed by atoms with Gasteiger partial charge in [-0.3, -0.25) is 14.4 Å². The van der Waals surface area contributed by atoms with Crippen LogP contribution in [0.1, 0.15) is 30.5 Å². The van der Waals surface area contributed by atoms with E-state index >= 15 is 0 Å². The molecule has 0 saturated carbocycles. The summed E-state index contributed by atoms with van der Waals surface area (Å²) < 4.78 is 37.2. The Labute approximate surface area is 177 Å². The third kappa shape index (κ3) is 5.62. The van der Waals surface area contributed by atoms with E-state index in [0.29, 0.717) is 12.1 Å². The topological polar surface area (TPSA) is 78.5 Å². The molecule has 0 spiro atoms. The van der Waals surface area contributed by atoms with Crippen molar-refractivity contribution >= 4 is 23.4 Å². The van der Waals surface area contributed by atoms with Gasteiger partial charge in [-0.2, -0.15) is 13.2 Å². The summed E-state index contributed by atoms with van der Waals surface area (Å²) in [6.45, 7) is 2.27. The van der Waals surface area contributed by atoms with Crippen LogP contribution in [-0.4, -0.2) is 35.3 Å². The van der Waals surface area contributed by atoms with Crippen molar-refractivity contribution in [1.82, 2.24) is 10.2 Å². The average molecular weight is 433 g/mol. The van der Waals surface area contributed by atoms with Gasteiger partial charge < -0.3 is 15.5 Å². The largest absolute Gasteiger partial charge is 0.471 e. The summed E-state index contributed by atoms with van der Waals surface area (Å²) in [6, 6.07) is 15.2. The summed E-state index contributed by atoms with van der Waals surface area (Å²) in [6.07, 6.45) is -4.88. The lowest BCUT2D eigenvalue weighted by molar-refractivity contribution is -0.167. The Balaban J connectivity index is 1.56. The number of carbonyl (C=O) groups excluding carboxylic acids is 3. The van der Waals surface area contributed by atoms with Gasteiger partial charge in [-0.25, -0.2) is 0 Å². The number of alkyl halides is 3. The molecule has 0 radical (unpaired) electrons.